The minimum Gasteiger partial charge on any atom is -0.462 e. The Morgan fingerprint density at radius 3 is 2.64 bits per heavy atom. The first-order valence-electron chi connectivity index (χ1n) is 3.53. The lowest BCUT2D eigenvalue weighted by atomic mass is 10.2. The molecule has 3 heteroatoms. The molecule has 0 saturated heterocycles. The maximum absolute atomic E-state index is 10.9. The van der Waals surface area contributed by atoms with Gasteiger partial charge in [0.2, 0.25) is 0 Å². The Hall–Kier alpha value is -1.30. The number of allylic oxidation sites excluding steroid dienone is 1. The number of carbonyl (C=O) groups excluding carboxylic acids is 1. The molecule has 0 aliphatic heterocycles. The second-order valence-corrected chi connectivity index (χ2v) is 1.86. The summed E-state index contributed by atoms with van der Waals surface area (Å²) in [7, 11) is 0. The molecule has 11 heavy (non-hydrogen) atoms. The summed E-state index contributed by atoms with van der Waals surface area (Å²) in [4.78, 5) is 10.9. The summed E-state index contributed by atoms with van der Waals surface area (Å²) in [5.74, 6) is -0.531. The Morgan fingerprint density at radius 1 is 1.64 bits per heavy atom. The van der Waals surface area contributed by atoms with Crippen LogP contribution in [0.4, 0.5) is 0 Å². The van der Waals surface area contributed by atoms with Gasteiger partial charge in [-0.3, -0.25) is 0 Å². The Kier molecular flexibility index (Phi) is 4.83. The van der Waals surface area contributed by atoms with Gasteiger partial charge in [-0.05, 0) is 13.3 Å². The van der Waals surface area contributed by atoms with E-state index in [9.17, 15) is 4.79 Å². The summed E-state index contributed by atoms with van der Waals surface area (Å²) in [6, 6.07) is 1.77. The van der Waals surface area contributed by atoms with E-state index in [1.165, 1.54) is 0 Å². The lowest BCUT2D eigenvalue weighted by Crippen LogP contribution is -2.05. The van der Waals surface area contributed by atoms with E-state index < -0.39 is 5.97 Å². The topological polar surface area (TPSA) is 50.1 Å². The van der Waals surface area contributed by atoms with E-state index in [1.807, 2.05) is 6.92 Å². The van der Waals surface area contributed by atoms with E-state index >= 15 is 0 Å². The number of hydrogen-bond acceptors (Lipinski definition) is 3. The predicted molar refractivity (Wildman–Crippen MR) is 40.6 cm³/mol. The van der Waals surface area contributed by atoms with Gasteiger partial charge >= 0.3 is 5.97 Å². The molecule has 0 aliphatic rings. The van der Waals surface area contributed by atoms with Crippen LogP contribution in [0.25, 0.3) is 0 Å². The summed E-state index contributed by atoms with van der Waals surface area (Å²) in [5.41, 5.74) is 0.0920. The third kappa shape index (κ3) is 3.41. The Bertz CT molecular complexity index is 201. The molecule has 0 bridgehead atoms. The SMILES string of the molecule is CC/C=C(\C#N)C(=O)OCC. The fourth-order valence-corrected chi connectivity index (χ4v) is 0.588. The van der Waals surface area contributed by atoms with Gasteiger partial charge in [0.1, 0.15) is 11.6 Å². The number of hydrogen-bond donors (Lipinski definition) is 0. The molecule has 0 rings (SSSR count). The number of rotatable bonds is 3. The Morgan fingerprint density at radius 2 is 2.27 bits per heavy atom. The van der Waals surface area contributed by atoms with Crippen LogP contribution in [-0.4, -0.2) is 12.6 Å². The monoisotopic (exact) mass is 153 g/mol. The van der Waals surface area contributed by atoms with Crippen molar-refractivity contribution < 1.29 is 9.53 Å². The summed E-state index contributed by atoms with van der Waals surface area (Å²) in [5, 5.41) is 8.44. The van der Waals surface area contributed by atoms with E-state index in [-0.39, 0.29) is 5.57 Å². The smallest absolute Gasteiger partial charge is 0.348 e. The summed E-state index contributed by atoms with van der Waals surface area (Å²) < 4.78 is 4.62. The fourth-order valence-electron chi connectivity index (χ4n) is 0.588. The van der Waals surface area contributed by atoms with Gasteiger partial charge in [-0.1, -0.05) is 13.0 Å². The molecular weight excluding hydrogens is 142 g/mol. The molecule has 0 amide bonds. The lowest BCUT2D eigenvalue weighted by molar-refractivity contribution is -0.138. The largest absolute Gasteiger partial charge is 0.462 e. The molecule has 0 unspecified atom stereocenters. The van der Waals surface area contributed by atoms with Gasteiger partial charge in [-0.15, -0.1) is 0 Å². The van der Waals surface area contributed by atoms with Gasteiger partial charge in [0, 0.05) is 0 Å². The Labute approximate surface area is 66.3 Å². The lowest BCUT2D eigenvalue weighted by Gasteiger charge is -1.97. The molecule has 0 spiro atoms. The van der Waals surface area contributed by atoms with E-state index in [1.54, 1.807) is 19.1 Å². The minimum absolute atomic E-state index is 0.0920. The zero-order valence-electron chi connectivity index (χ0n) is 6.76. The Balaban J connectivity index is 4.18. The molecular formula is C8H11NO2. The van der Waals surface area contributed by atoms with Gasteiger partial charge in [0.05, 0.1) is 6.61 Å². The normalized spacial score (nSPS) is 10.5. The molecule has 0 radical (unpaired) electrons. The van der Waals surface area contributed by atoms with E-state index in [4.69, 9.17) is 5.26 Å². The fraction of sp³-hybridized carbons (Fsp3) is 0.500. The summed E-state index contributed by atoms with van der Waals surface area (Å²) in [6.07, 6.45) is 2.22. The van der Waals surface area contributed by atoms with Gasteiger partial charge in [0.25, 0.3) is 0 Å². The molecule has 3 nitrogen and oxygen atoms in total. The van der Waals surface area contributed by atoms with Crippen molar-refractivity contribution in [2.75, 3.05) is 6.61 Å². The van der Waals surface area contributed by atoms with Crippen LogP contribution in [0.1, 0.15) is 20.3 Å². The van der Waals surface area contributed by atoms with Crippen LogP contribution in [0.3, 0.4) is 0 Å². The quantitative estimate of drug-likeness (QED) is 0.350. The first-order valence-corrected chi connectivity index (χ1v) is 3.53. The molecule has 0 aromatic rings. The van der Waals surface area contributed by atoms with Crippen molar-refractivity contribution in [3.63, 3.8) is 0 Å². The number of nitrogens with zero attached hydrogens (tertiary/aromatic N) is 1. The van der Waals surface area contributed by atoms with Crippen molar-refractivity contribution in [1.29, 1.82) is 5.26 Å². The number of nitriles is 1. The predicted octanol–water partition coefficient (Wildman–Crippen LogP) is 1.41. The van der Waals surface area contributed by atoms with E-state index in [0.29, 0.717) is 13.0 Å². The molecule has 0 aromatic heterocycles. The zero-order chi connectivity index (χ0) is 8.69. The maximum Gasteiger partial charge on any atom is 0.348 e. The highest BCUT2D eigenvalue weighted by Crippen LogP contribution is 1.97. The van der Waals surface area contributed by atoms with Crippen LogP contribution in [-0.2, 0) is 9.53 Å². The van der Waals surface area contributed by atoms with Crippen molar-refractivity contribution in [2.45, 2.75) is 20.3 Å². The average Bonchev–Trinajstić information content (AvgIpc) is 2.00. The molecule has 0 aliphatic carbocycles. The van der Waals surface area contributed by atoms with Gasteiger partial charge in [-0.2, -0.15) is 5.26 Å². The molecule has 0 heterocycles. The van der Waals surface area contributed by atoms with Gasteiger partial charge in [0.15, 0.2) is 0 Å². The van der Waals surface area contributed by atoms with Crippen molar-refractivity contribution in [2.24, 2.45) is 0 Å². The highest BCUT2D eigenvalue weighted by atomic mass is 16.5. The zero-order valence-corrected chi connectivity index (χ0v) is 6.76. The van der Waals surface area contributed by atoms with Crippen molar-refractivity contribution in [1.82, 2.24) is 0 Å². The highest BCUT2D eigenvalue weighted by molar-refractivity contribution is 5.92. The minimum atomic E-state index is -0.531. The third-order valence-corrected chi connectivity index (χ3v) is 1.02. The third-order valence-electron chi connectivity index (χ3n) is 1.02. The molecule has 0 aromatic carbocycles. The first-order chi connectivity index (χ1) is 5.26. The standard InChI is InChI=1S/C8H11NO2/c1-3-5-7(6-9)8(10)11-4-2/h5H,3-4H2,1-2H3/b7-5+. The number of carbonyl (C=O) groups is 1. The summed E-state index contributed by atoms with van der Waals surface area (Å²) >= 11 is 0. The first kappa shape index (κ1) is 9.70. The van der Waals surface area contributed by atoms with Crippen LogP contribution in [0.5, 0.6) is 0 Å². The van der Waals surface area contributed by atoms with E-state index in [0.717, 1.165) is 0 Å². The van der Waals surface area contributed by atoms with Crippen molar-refractivity contribution in [3.8, 4) is 6.07 Å². The number of esters is 1. The van der Waals surface area contributed by atoms with E-state index in [2.05, 4.69) is 4.74 Å². The van der Waals surface area contributed by atoms with Gasteiger partial charge < -0.3 is 4.74 Å². The molecule has 0 atom stereocenters. The average molecular weight is 153 g/mol. The van der Waals surface area contributed by atoms with Gasteiger partial charge in [-0.25, -0.2) is 4.79 Å². The summed E-state index contributed by atoms with van der Waals surface area (Å²) in [6.45, 7) is 3.87. The van der Waals surface area contributed by atoms with Crippen LogP contribution in [0.15, 0.2) is 11.6 Å². The molecule has 0 saturated carbocycles. The van der Waals surface area contributed by atoms with Crippen molar-refractivity contribution >= 4 is 5.97 Å². The molecule has 60 valence electrons. The van der Waals surface area contributed by atoms with Crippen LogP contribution >= 0.6 is 0 Å². The molecule has 0 fully saturated rings. The van der Waals surface area contributed by atoms with Crippen LogP contribution in [0.2, 0.25) is 0 Å². The highest BCUT2D eigenvalue weighted by Gasteiger charge is 2.07. The maximum atomic E-state index is 10.9. The van der Waals surface area contributed by atoms with Crippen molar-refractivity contribution in [3.05, 3.63) is 11.6 Å². The second kappa shape index (κ2) is 5.48. The van der Waals surface area contributed by atoms with Crippen LogP contribution in [0, 0.1) is 11.3 Å². The van der Waals surface area contributed by atoms with Crippen LogP contribution < -0.4 is 0 Å². The number of ether oxygens (including phenoxy) is 1. The molecule has 0 N–H and O–H groups in total. The second-order valence-electron chi connectivity index (χ2n) is 1.86.